The van der Waals surface area contributed by atoms with E-state index in [0.29, 0.717) is 10.2 Å². The zero-order valence-electron chi connectivity index (χ0n) is 9.39. The van der Waals surface area contributed by atoms with Gasteiger partial charge in [0.15, 0.2) is 5.75 Å². The van der Waals surface area contributed by atoms with Crippen LogP contribution in [-0.4, -0.2) is 11.0 Å². The monoisotopic (exact) mass is 299 g/mol. The van der Waals surface area contributed by atoms with Crippen molar-refractivity contribution in [2.75, 3.05) is 0 Å². The molecule has 0 bridgehead atoms. The summed E-state index contributed by atoms with van der Waals surface area (Å²) in [6.45, 7) is 0. The van der Waals surface area contributed by atoms with Gasteiger partial charge in [-0.15, -0.1) is 0 Å². The maximum absolute atomic E-state index is 10.9. The van der Waals surface area contributed by atoms with Crippen LogP contribution in [0.25, 0.3) is 0 Å². The fraction of sp³-hybridized carbons (Fsp3) is 0.500. The van der Waals surface area contributed by atoms with Crippen LogP contribution in [-0.2, 0) is 0 Å². The average molecular weight is 300 g/mol. The Balaban J connectivity index is 2.16. The molecule has 4 nitrogen and oxygen atoms in total. The lowest BCUT2D eigenvalue weighted by molar-refractivity contribution is -0.386. The van der Waals surface area contributed by atoms with Gasteiger partial charge in [0.1, 0.15) is 0 Å². The van der Waals surface area contributed by atoms with Gasteiger partial charge in [0.05, 0.1) is 11.0 Å². The summed E-state index contributed by atoms with van der Waals surface area (Å²) in [5, 5.41) is 10.9. The number of nitro groups is 1. The van der Waals surface area contributed by atoms with Gasteiger partial charge in [-0.3, -0.25) is 10.1 Å². The van der Waals surface area contributed by atoms with Gasteiger partial charge < -0.3 is 4.74 Å². The predicted molar refractivity (Wildman–Crippen MR) is 68.3 cm³/mol. The largest absolute Gasteiger partial charge is 0.484 e. The molecule has 0 radical (unpaired) electrons. The molecule has 17 heavy (non-hydrogen) atoms. The molecule has 0 amide bonds. The van der Waals surface area contributed by atoms with Crippen molar-refractivity contribution >= 4 is 21.6 Å². The Labute approximate surface area is 108 Å². The average Bonchev–Trinajstić information content (AvgIpc) is 2.32. The Morgan fingerprint density at radius 1 is 1.29 bits per heavy atom. The summed E-state index contributed by atoms with van der Waals surface area (Å²) in [6, 6.07) is 4.92. The van der Waals surface area contributed by atoms with Gasteiger partial charge in [0.2, 0.25) is 0 Å². The van der Waals surface area contributed by atoms with Gasteiger partial charge in [-0.25, -0.2) is 0 Å². The van der Waals surface area contributed by atoms with Gasteiger partial charge in [-0.05, 0) is 37.8 Å². The maximum atomic E-state index is 10.9. The van der Waals surface area contributed by atoms with Crippen molar-refractivity contribution in [1.82, 2.24) is 0 Å². The van der Waals surface area contributed by atoms with Crippen LogP contribution in [0.2, 0.25) is 0 Å². The van der Waals surface area contributed by atoms with Gasteiger partial charge in [-0.1, -0.05) is 22.4 Å². The topological polar surface area (TPSA) is 52.4 Å². The number of benzene rings is 1. The first kappa shape index (κ1) is 12.4. The zero-order valence-corrected chi connectivity index (χ0v) is 11.0. The number of halogens is 1. The van der Waals surface area contributed by atoms with Gasteiger partial charge >= 0.3 is 5.69 Å². The molecular formula is C12H14BrNO3. The van der Waals surface area contributed by atoms with E-state index in [1.54, 1.807) is 12.1 Å². The van der Waals surface area contributed by atoms with E-state index in [1.807, 2.05) is 0 Å². The minimum absolute atomic E-state index is 0.0324. The Morgan fingerprint density at radius 2 is 2.00 bits per heavy atom. The predicted octanol–water partition coefficient (Wildman–Crippen LogP) is 4.07. The van der Waals surface area contributed by atoms with Crippen molar-refractivity contribution < 1.29 is 9.66 Å². The minimum Gasteiger partial charge on any atom is -0.484 e. The highest BCUT2D eigenvalue weighted by Gasteiger charge is 2.21. The molecule has 1 aromatic carbocycles. The molecule has 0 atom stereocenters. The molecule has 0 saturated heterocycles. The van der Waals surface area contributed by atoms with E-state index in [1.165, 1.54) is 12.5 Å². The van der Waals surface area contributed by atoms with Crippen LogP contribution in [0.1, 0.15) is 32.1 Å². The highest BCUT2D eigenvalue weighted by Crippen LogP contribution is 2.33. The van der Waals surface area contributed by atoms with E-state index in [2.05, 4.69) is 15.9 Å². The van der Waals surface area contributed by atoms with Crippen molar-refractivity contribution in [3.8, 4) is 5.75 Å². The van der Waals surface area contributed by atoms with Crippen LogP contribution in [0.3, 0.4) is 0 Å². The van der Waals surface area contributed by atoms with Crippen molar-refractivity contribution in [2.45, 2.75) is 38.2 Å². The van der Waals surface area contributed by atoms with Crippen LogP contribution < -0.4 is 4.74 Å². The van der Waals surface area contributed by atoms with Gasteiger partial charge in [0, 0.05) is 10.5 Å². The highest BCUT2D eigenvalue weighted by atomic mass is 79.9. The third-order valence-corrected chi connectivity index (χ3v) is 3.46. The standard InChI is InChI=1S/C12H14BrNO3/c13-9-6-7-12(11(8-9)14(15)16)17-10-4-2-1-3-5-10/h6-8,10H,1-5H2. The molecule has 1 aromatic rings. The van der Waals surface area contributed by atoms with Crippen molar-refractivity contribution in [1.29, 1.82) is 0 Å². The van der Waals surface area contributed by atoms with Crippen LogP contribution in [0.15, 0.2) is 22.7 Å². The second-order valence-corrected chi connectivity index (χ2v) is 5.16. The fourth-order valence-electron chi connectivity index (χ4n) is 2.10. The molecule has 2 rings (SSSR count). The summed E-state index contributed by atoms with van der Waals surface area (Å²) in [6.07, 6.45) is 5.65. The van der Waals surface area contributed by atoms with Crippen LogP contribution in [0, 0.1) is 10.1 Å². The normalized spacial score (nSPS) is 16.8. The summed E-state index contributed by atoms with van der Waals surface area (Å²) >= 11 is 3.23. The molecule has 92 valence electrons. The summed E-state index contributed by atoms with van der Waals surface area (Å²) in [4.78, 5) is 10.5. The SMILES string of the molecule is O=[N+]([O-])c1cc(Br)ccc1OC1CCCCC1. The van der Waals surface area contributed by atoms with Gasteiger partial charge in [0.25, 0.3) is 0 Å². The van der Waals surface area contributed by atoms with E-state index in [-0.39, 0.29) is 11.8 Å². The van der Waals surface area contributed by atoms with Crippen molar-refractivity contribution in [2.24, 2.45) is 0 Å². The number of ether oxygens (including phenoxy) is 1. The molecule has 1 aliphatic carbocycles. The second-order valence-electron chi connectivity index (χ2n) is 4.25. The molecule has 1 saturated carbocycles. The fourth-order valence-corrected chi connectivity index (χ4v) is 2.44. The summed E-state index contributed by atoms with van der Waals surface area (Å²) in [5.74, 6) is 0.380. The van der Waals surface area contributed by atoms with E-state index < -0.39 is 4.92 Å². The molecule has 0 heterocycles. The molecule has 1 fully saturated rings. The number of rotatable bonds is 3. The smallest absolute Gasteiger partial charge is 0.312 e. The summed E-state index contributed by atoms with van der Waals surface area (Å²) in [7, 11) is 0. The lowest BCUT2D eigenvalue weighted by Crippen LogP contribution is -2.20. The molecule has 1 aliphatic rings. The Hall–Kier alpha value is -1.10. The van der Waals surface area contributed by atoms with E-state index in [4.69, 9.17) is 4.74 Å². The first-order valence-electron chi connectivity index (χ1n) is 5.77. The zero-order chi connectivity index (χ0) is 12.3. The molecule has 5 heteroatoms. The van der Waals surface area contributed by atoms with Crippen LogP contribution in [0.5, 0.6) is 5.75 Å². The first-order valence-corrected chi connectivity index (χ1v) is 6.57. The summed E-state index contributed by atoms with van der Waals surface area (Å²) in [5.41, 5.74) is 0.0324. The van der Waals surface area contributed by atoms with E-state index in [9.17, 15) is 10.1 Å². The number of nitro benzene ring substituents is 1. The molecule has 0 aliphatic heterocycles. The third-order valence-electron chi connectivity index (χ3n) is 2.96. The van der Waals surface area contributed by atoms with E-state index >= 15 is 0 Å². The first-order chi connectivity index (χ1) is 8.16. The summed E-state index contributed by atoms with van der Waals surface area (Å²) < 4.78 is 6.43. The highest BCUT2D eigenvalue weighted by molar-refractivity contribution is 9.10. The molecule has 0 N–H and O–H groups in total. The lowest BCUT2D eigenvalue weighted by atomic mass is 9.98. The van der Waals surface area contributed by atoms with Crippen LogP contribution >= 0.6 is 15.9 Å². The van der Waals surface area contributed by atoms with Gasteiger partial charge in [-0.2, -0.15) is 0 Å². The third kappa shape index (κ3) is 3.19. The quantitative estimate of drug-likeness (QED) is 0.624. The Bertz CT molecular complexity index is 416. The number of nitrogens with zero attached hydrogens (tertiary/aromatic N) is 1. The van der Waals surface area contributed by atoms with Crippen molar-refractivity contribution in [3.05, 3.63) is 32.8 Å². The van der Waals surface area contributed by atoms with E-state index in [0.717, 1.165) is 25.7 Å². The number of hydrogen-bond donors (Lipinski definition) is 0. The molecule has 0 spiro atoms. The maximum Gasteiger partial charge on any atom is 0.312 e. The van der Waals surface area contributed by atoms with Crippen molar-refractivity contribution in [3.63, 3.8) is 0 Å². The number of hydrogen-bond acceptors (Lipinski definition) is 3. The van der Waals surface area contributed by atoms with Crippen LogP contribution in [0.4, 0.5) is 5.69 Å². The second kappa shape index (κ2) is 5.49. The Kier molecular flexibility index (Phi) is 3.99. The minimum atomic E-state index is -0.400. The molecular weight excluding hydrogens is 286 g/mol. The lowest BCUT2D eigenvalue weighted by Gasteiger charge is -2.22. The molecule has 0 aromatic heterocycles. The Morgan fingerprint density at radius 3 is 2.65 bits per heavy atom. The molecule has 0 unspecified atom stereocenters.